The van der Waals surface area contributed by atoms with Gasteiger partial charge in [0.25, 0.3) is 0 Å². The van der Waals surface area contributed by atoms with Crippen molar-refractivity contribution in [2.75, 3.05) is 5.33 Å². The Labute approximate surface area is 113 Å². The molecule has 1 atom stereocenters. The number of nitrogens with zero attached hydrogens (tertiary/aromatic N) is 1. The highest BCUT2D eigenvalue weighted by molar-refractivity contribution is 9.09. The molecule has 0 radical (unpaired) electrons. The van der Waals surface area contributed by atoms with Crippen LogP contribution in [0.2, 0.25) is 5.02 Å². The third-order valence-corrected chi connectivity index (χ3v) is 4.39. The third-order valence-electron chi connectivity index (χ3n) is 2.46. The minimum absolute atomic E-state index is 0.411. The first-order valence-electron chi connectivity index (χ1n) is 4.99. The van der Waals surface area contributed by atoms with Crippen molar-refractivity contribution in [3.8, 4) is 0 Å². The Hall–Kier alpha value is -0.380. The summed E-state index contributed by atoms with van der Waals surface area (Å²) in [7, 11) is 0. The van der Waals surface area contributed by atoms with Gasteiger partial charge < -0.3 is 0 Å². The molecule has 0 fully saturated rings. The standard InChI is InChI=1S/C12H11BrClNS/c13-6-9(5-10-7-15-8-16-10)11-3-1-2-4-12(11)14/h1-4,7-9H,5-6H2. The molecule has 0 spiro atoms. The monoisotopic (exact) mass is 315 g/mol. The molecule has 1 heterocycles. The fraction of sp³-hybridized carbons (Fsp3) is 0.250. The number of hydrogen-bond acceptors (Lipinski definition) is 2. The Kier molecular flexibility index (Phi) is 4.38. The second-order valence-electron chi connectivity index (χ2n) is 3.54. The zero-order chi connectivity index (χ0) is 11.4. The Balaban J connectivity index is 2.20. The van der Waals surface area contributed by atoms with E-state index < -0.39 is 0 Å². The number of thiazole rings is 1. The molecule has 2 rings (SSSR count). The van der Waals surface area contributed by atoms with Gasteiger partial charge in [0, 0.05) is 21.4 Å². The molecule has 1 unspecified atom stereocenters. The summed E-state index contributed by atoms with van der Waals surface area (Å²) in [5.74, 6) is 0.411. The van der Waals surface area contributed by atoms with Crippen molar-refractivity contribution in [1.82, 2.24) is 4.98 Å². The summed E-state index contributed by atoms with van der Waals surface area (Å²) < 4.78 is 0. The minimum atomic E-state index is 0.411. The van der Waals surface area contributed by atoms with Crippen LogP contribution in [0.5, 0.6) is 0 Å². The lowest BCUT2D eigenvalue weighted by Crippen LogP contribution is -2.04. The lowest BCUT2D eigenvalue weighted by atomic mass is 9.97. The van der Waals surface area contributed by atoms with Gasteiger partial charge in [-0.05, 0) is 24.0 Å². The molecule has 0 bridgehead atoms. The molecular weight excluding hydrogens is 306 g/mol. The number of rotatable bonds is 4. The normalized spacial score (nSPS) is 12.6. The first-order chi connectivity index (χ1) is 7.81. The largest absolute Gasteiger partial charge is 0.253 e. The summed E-state index contributed by atoms with van der Waals surface area (Å²) >= 11 is 11.5. The van der Waals surface area contributed by atoms with Crippen LogP contribution >= 0.6 is 38.9 Å². The molecule has 0 aliphatic rings. The van der Waals surface area contributed by atoms with Crippen molar-refractivity contribution in [2.45, 2.75) is 12.3 Å². The van der Waals surface area contributed by atoms with Gasteiger partial charge >= 0.3 is 0 Å². The number of hydrogen-bond donors (Lipinski definition) is 0. The van der Waals surface area contributed by atoms with Crippen molar-refractivity contribution in [3.63, 3.8) is 0 Å². The average Bonchev–Trinajstić information content (AvgIpc) is 2.80. The number of aromatic nitrogens is 1. The van der Waals surface area contributed by atoms with Crippen LogP contribution in [0.15, 0.2) is 36.0 Å². The average molecular weight is 317 g/mol. The van der Waals surface area contributed by atoms with Crippen molar-refractivity contribution < 1.29 is 0 Å². The SMILES string of the molecule is Clc1ccccc1C(CBr)Cc1cncs1. The van der Waals surface area contributed by atoms with E-state index in [0.29, 0.717) is 5.92 Å². The molecule has 0 aliphatic heterocycles. The number of benzene rings is 1. The summed E-state index contributed by atoms with van der Waals surface area (Å²) in [5.41, 5.74) is 3.07. The topological polar surface area (TPSA) is 12.9 Å². The van der Waals surface area contributed by atoms with E-state index in [-0.39, 0.29) is 0 Å². The molecule has 84 valence electrons. The second-order valence-corrected chi connectivity index (χ2v) is 5.57. The molecule has 0 N–H and O–H groups in total. The summed E-state index contributed by atoms with van der Waals surface area (Å²) in [5, 5.41) is 1.76. The Morgan fingerprint density at radius 3 is 2.81 bits per heavy atom. The van der Waals surface area contributed by atoms with Crippen LogP contribution in [-0.4, -0.2) is 10.3 Å². The molecule has 0 saturated carbocycles. The molecule has 4 heteroatoms. The lowest BCUT2D eigenvalue weighted by Gasteiger charge is -2.14. The maximum absolute atomic E-state index is 6.20. The summed E-state index contributed by atoms with van der Waals surface area (Å²) in [6.07, 6.45) is 2.91. The van der Waals surface area contributed by atoms with E-state index >= 15 is 0 Å². The van der Waals surface area contributed by atoms with E-state index in [1.165, 1.54) is 10.4 Å². The fourth-order valence-electron chi connectivity index (χ4n) is 1.64. The van der Waals surface area contributed by atoms with Gasteiger partial charge in [0.1, 0.15) is 0 Å². The van der Waals surface area contributed by atoms with Gasteiger partial charge in [-0.1, -0.05) is 45.7 Å². The molecule has 0 amide bonds. The number of halogens is 2. The van der Waals surface area contributed by atoms with Crippen LogP contribution in [0.3, 0.4) is 0 Å². The molecule has 1 nitrogen and oxygen atoms in total. The molecule has 16 heavy (non-hydrogen) atoms. The first-order valence-corrected chi connectivity index (χ1v) is 7.37. The Morgan fingerprint density at radius 2 is 2.19 bits per heavy atom. The molecule has 1 aromatic carbocycles. The van der Waals surface area contributed by atoms with Gasteiger partial charge in [-0.2, -0.15) is 0 Å². The smallest absolute Gasteiger partial charge is 0.0794 e. The molecular formula is C12H11BrClNS. The van der Waals surface area contributed by atoms with Crippen LogP contribution in [0.1, 0.15) is 16.4 Å². The minimum Gasteiger partial charge on any atom is -0.253 e. The predicted molar refractivity (Wildman–Crippen MR) is 73.8 cm³/mol. The summed E-state index contributed by atoms with van der Waals surface area (Å²) in [4.78, 5) is 5.39. The zero-order valence-electron chi connectivity index (χ0n) is 8.57. The van der Waals surface area contributed by atoms with Crippen LogP contribution in [-0.2, 0) is 6.42 Å². The van der Waals surface area contributed by atoms with Crippen LogP contribution in [0.4, 0.5) is 0 Å². The maximum atomic E-state index is 6.20. The Morgan fingerprint density at radius 1 is 1.38 bits per heavy atom. The molecule has 2 aromatic rings. The lowest BCUT2D eigenvalue weighted by molar-refractivity contribution is 0.784. The van der Waals surface area contributed by atoms with E-state index in [9.17, 15) is 0 Å². The third kappa shape index (κ3) is 2.84. The van der Waals surface area contributed by atoms with Gasteiger partial charge in [-0.25, -0.2) is 0 Å². The maximum Gasteiger partial charge on any atom is 0.0794 e. The van der Waals surface area contributed by atoms with Gasteiger partial charge in [0.15, 0.2) is 0 Å². The van der Waals surface area contributed by atoms with Crippen molar-refractivity contribution >= 4 is 38.9 Å². The van der Waals surface area contributed by atoms with E-state index in [1.54, 1.807) is 11.3 Å². The second kappa shape index (κ2) is 5.80. The zero-order valence-corrected chi connectivity index (χ0v) is 11.7. The van der Waals surface area contributed by atoms with Crippen LogP contribution in [0, 0.1) is 0 Å². The van der Waals surface area contributed by atoms with E-state index in [1.807, 2.05) is 29.9 Å². The summed E-state index contributed by atoms with van der Waals surface area (Å²) in [6.45, 7) is 0. The van der Waals surface area contributed by atoms with Gasteiger partial charge in [0.2, 0.25) is 0 Å². The number of alkyl halides is 1. The highest BCUT2D eigenvalue weighted by Crippen LogP contribution is 2.29. The predicted octanol–water partition coefficient (Wildman–Crippen LogP) is 4.52. The van der Waals surface area contributed by atoms with Crippen LogP contribution < -0.4 is 0 Å². The fourth-order valence-corrected chi connectivity index (χ4v) is 3.18. The molecule has 0 saturated heterocycles. The molecule has 0 aliphatic carbocycles. The highest BCUT2D eigenvalue weighted by Gasteiger charge is 2.14. The van der Waals surface area contributed by atoms with Crippen LogP contribution in [0.25, 0.3) is 0 Å². The van der Waals surface area contributed by atoms with Crippen molar-refractivity contribution in [3.05, 3.63) is 51.4 Å². The molecule has 1 aromatic heterocycles. The Bertz CT molecular complexity index is 444. The van der Waals surface area contributed by atoms with E-state index in [4.69, 9.17) is 11.6 Å². The van der Waals surface area contributed by atoms with Gasteiger partial charge in [-0.15, -0.1) is 11.3 Å². The van der Waals surface area contributed by atoms with Gasteiger partial charge in [-0.3, -0.25) is 4.98 Å². The van der Waals surface area contributed by atoms with Gasteiger partial charge in [0.05, 0.1) is 5.51 Å². The summed E-state index contributed by atoms with van der Waals surface area (Å²) in [6, 6.07) is 8.03. The van der Waals surface area contributed by atoms with E-state index in [0.717, 1.165) is 16.8 Å². The highest BCUT2D eigenvalue weighted by atomic mass is 79.9. The van der Waals surface area contributed by atoms with E-state index in [2.05, 4.69) is 27.0 Å². The first kappa shape index (κ1) is 12.1. The quantitative estimate of drug-likeness (QED) is 0.756. The van der Waals surface area contributed by atoms with Crippen molar-refractivity contribution in [2.24, 2.45) is 0 Å². The van der Waals surface area contributed by atoms with Crippen molar-refractivity contribution in [1.29, 1.82) is 0 Å².